The number of carbonyl (C=O) groups excluding carboxylic acids is 1. The van der Waals surface area contributed by atoms with Gasteiger partial charge in [-0.25, -0.2) is 4.98 Å². The molecule has 3 aromatic rings. The van der Waals surface area contributed by atoms with Gasteiger partial charge in [-0.3, -0.25) is 9.89 Å². The number of carbonyl (C=O) groups is 1. The predicted molar refractivity (Wildman–Crippen MR) is 88.4 cm³/mol. The van der Waals surface area contributed by atoms with Gasteiger partial charge < -0.3 is 14.3 Å². The van der Waals surface area contributed by atoms with E-state index in [0.717, 1.165) is 41.4 Å². The van der Waals surface area contributed by atoms with Crippen molar-refractivity contribution < 1.29 is 9.21 Å². The summed E-state index contributed by atoms with van der Waals surface area (Å²) in [5, 5.41) is 10.1. The van der Waals surface area contributed by atoms with Crippen molar-refractivity contribution in [3.8, 4) is 11.5 Å². The van der Waals surface area contributed by atoms with Crippen LogP contribution in [0.3, 0.4) is 0 Å². The van der Waals surface area contributed by atoms with Gasteiger partial charge in [-0.05, 0) is 32.4 Å². The zero-order valence-electron chi connectivity index (χ0n) is 13.7. The second kappa shape index (κ2) is 5.67. The quantitative estimate of drug-likeness (QED) is 0.775. The van der Waals surface area contributed by atoms with E-state index in [1.807, 2.05) is 38.5 Å². The van der Waals surface area contributed by atoms with Gasteiger partial charge in [-0.15, -0.1) is 0 Å². The third-order valence-electron chi connectivity index (χ3n) is 4.58. The lowest BCUT2D eigenvalue weighted by Crippen LogP contribution is -2.30. The minimum absolute atomic E-state index is 0.000717. The molecule has 0 spiro atoms. The van der Waals surface area contributed by atoms with Gasteiger partial charge in [0.05, 0.1) is 6.33 Å². The molecule has 124 valence electrons. The topological polar surface area (TPSA) is 88.7 Å². The number of nitrogens with one attached hydrogen (secondary N) is 2. The SMILES string of the molecule is Cc1ccc(-c2[nH]nc(NC(=O)[C@H]3CCn4cncc4C3)c2C)o1. The van der Waals surface area contributed by atoms with Crippen LogP contribution in [0.15, 0.2) is 29.1 Å². The van der Waals surface area contributed by atoms with E-state index >= 15 is 0 Å². The van der Waals surface area contributed by atoms with Gasteiger partial charge in [0.15, 0.2) is 11.6 Å². The van der Waals surface area contributed by atoms with Crippen LogP contribution in [-0.2, 0) is 17.8 Å². The maximum absolute atomic E-state index is 12.6. The Kier molecular flexibility index (Phi) is 3.48. The Morgan fingerprint density at radius 3 is 3.08 bits per heavy atom. The Balaban J connectivity index is 1.50. The summed E-state index contributed by atoms with van der Waals surface area (Å²) in [5.74, 6) is 2.06. The third-order valence-corrected chi connectivity index (χ3v) is 4.58. The number of nitrogens with zero attached hydrogens (tertiary/aromatic N) is 3. The lowest BCUT2D eigenvalue weighted by Gasteiger charge is -2.22. The van der Waals surface area contributed by atoms with E-state index in [1.54, 1.807) is 0 Å². The largest absolute Gasteiger partial charge is 0.460 e. The maximum atomic E-state index is 12.6. The smallest absolute Gasteiger partial charge is 0.229 e. The van der Waals surface area contributed by atoms with Crippen LogP contribution in [0.1, 0.15) is 23.4 Å². The highest BCUT2D eigenvalue weighted by Gasteiger charge is 2.26. The molecule has 0 unspecified atom stereocenters. The van der Waals surface area contributed by atoms with Crippen LogP contribution in [0.4, 0.5) is 5.82 Å². The summed E-state index contributed by atoms with van der Waals surface area (Å²) in [6.07, 6.45) is 5.16. The van der Waals surface area contributed by atoms with Crippen LogP contribution in [0.2, 0.25) is 0 Å². The molecule has 0 saturated heterocycles. The van der Waals surface area contributed by atoms with E-state index in [4.69, 9.17) is 4.42 Å². The molecule has 24 heavy (non-hydrogen) atoms. The standard InChI is InChI=1S/C17H19N5O2/c1-10-3-4-14(24-10)15-11(2)16(21-20-15)19-17(23)12-5-6-22-9-18-8-13(22)7-12/h3-4,8-9,12H,5-7H2,1-2H3,(H2,19,20,21,23)/t12-/m0/s1. The van der Waals surface area contributed by atoms with Gasteiger partial charge in [-0.2, -0.15) is 5.10 Å². The number of aromatic nitrogens is 4. The first-order valence-electron chi connectivity index (χ1n) is 8.03. The van der Waals surface area contributed by atoms with Crippen LogP contribution in [0, 0.1) is 19.8 Å². The summed E-state index contributed by atoms with van der Waals surface area (Å²) in [6, 6.07) is 3.79. The van der Waals surface area contributed by atoms with E-state index in [-0.39, 0.29) is 11.8 Å². The average Bonchev–Trinajstić information content (AvgIpc) is 3.28. The lowest BCUT2D eigenvalue weighted by molar-refractivity contribution is -0.120. The monoisotopic (exact) mass is 325 g/mol. The van der Waals surface area contributed by atoms with Crippen molar-refractivity contribution in [2.45, 2.75) is 33.2 Å². The van der Waals surface area contributed by atoms with Gasteiger partial charge >= 0.3 is 0 Å². The molecule has 1 aliphatic heterocycles. The zero-order chi connectivity index (χ0) is 16.7. The van der Waals surface area contributed by atoms with Gasteiger partial charge in [0.1, 0.15) is 11.5 Å². The van der Waals surface area contributed by atoms with Crippen molar-refractivity contribution in [1.82, 2.24) is 19.7 Å². The number of aryl methyl sites for hydroxylation is 2. The Morgan fingerprint density at radius 2 is 2.29 bits per heavy atom. The second-order valence-electron chi connectivity index (χ2n) is 6.24. The molecule has 1 atom stereocenters. The molecule has 0 radical (unpaired) electrons. The van der Waals surface area contributed by atoms with E-state index in [0.29, 0.717) is 12.2 Å². The minimum atomic E-state index is -0.0559. The molecule has 3 aromatic heterocycles. The molecule has 1 aliphatic rings. The van der Waals surface area contributed by atoms with E-state index < -0.39 is 0 Å². The first kappa shape index (κ1) is 14.7. The fourth-order valence-electron chi connectivity index (χ4n) is 3.14. The van der Waals surface area contributed by atoms with Gasteiger partial charge in [0.25, 0.3) is 0 Å². The first-order chi connectivity index (χ1) is 11.6. The molecule has 0 fully saturated rings. The number of aromatic amines is 1. The fraction of sp³-hybridized carbons (Fsp3) is 0.353. The maximum Gasteiger partial charge on any atom is 0.229 e. The van der Waals surface area contributed by atoms with Gasteiger partial charge in [-0.1, -0.05) is 0 Å². The second-order valence-corrected chi connectivity index (χ2v) is 6.24. The zero-order valence-corrected chi connectivity index (χ0v) is 13.7. The van der Waals surface area contributed by atoms with Gasteiger partial charge in [0, 0.05) is 36.3 Å². The summed E-state index contributed by atoms with van der Waals surface area (Å²) >= 11 is 0. The first-order valence-corrected chi connectivity index (χ1v) is 8.03. The van der Waals surface area contributed by atoms with E-state index in [2.05, 4.69) is 25.1 Å². The normalized spacial score (nSPS) is 16.8. The Bertz CT molecular complexity index is 889. The summed E-state index contributed by atoms with van der Waals surface area (Å²) in [4.78, 5) is 16.7. The number of hydrogen-bond acceptors (Lipinski definition) is 4. The highest BCUT2D eigenvalue weighted by atomic mass is 16.3. The summed E-state index contributed by atoms with van der Waals surface area (Å²) < 4.78 is 7.72. The molecule has 4 rings (SSSR count). The molecule has 4 heterocycles. The fourth-order valence-corrected chi connectivity index (χ4v) is 3.14. The van der Waals surface area contributed by atoms with Crippen molar-refractivity contribution in [3.05, 3.63) is 41.7 Å². The number of rotatable bonds is 3. The van der Waals surface area contributed by atoms with Crippen LogP contribution in [0.5, 0.6) is 0 Å². The van der Waals surface area contributed by atoms with Crippen LogP contribution >= 0.6 is 0 Å². The van der Waals surface area contributed by atoms with Crippen LogP contribution < -0.4 is 5.32 Å². The van der Waals surface area contributed by atoms with Crippen LogP contribution in [-0.4, -0.2) is 25.7 Å². The molecule has 0 saturated carbocycles. The highest BCUT2D eigenvalue weighted by Crippen LogP contribution is 2.28. The average molecular weight is 325 g/mol. The Hall–Kier alpha value is -2.83. The lowest BCUT2D eigenvalue weighted by atomic mass is 9.95. The van der Waals surface area contributed by atoms with E-state index in [1.165, 1.54) is 0 Å². The summed E-state index contributed by atoms with van der Waals surface area (Å²) in [7, 11) is 0. The highest BCUT2D eigenvalue weighted by molar-refractivity contribution is 5.93. The van der Waals surface area contributed by atoms with Crippen LogP contribution in [0.25, 0.3) is 11.5 Å². The molecule has 7 nitrogen and oxygen atoms in total. The number of hydrogen-bond donors (Lipinski definition) is 2. The third kappa shape index (κ3) is 2.51. The van der Waals surface area contributed by atoms with Gasteiger partial charge in [0.2, 0.25) is 5.91 Å². The van der Waals surface area contributed by atoms with Crippen molar-refractivity contribution in [3.63, 3.8) is 0 Å². The van der Waals surface area contributed by atoms with Crippen molar-refractivity contribution in [2.75, 3.05) is 5.32 Å². The molecule has 1 amide bonds. The number of fused-ring (bicyclic) bond motifs is 1. The summed E-state index contributed by atoms with van der Waals surface area (Å²) in [6.45, 7) is 4.64. The predicted octanol–water partition coefficient (Wildman–Crippen LogP) is 2.68. The molecule has 0 bridgehead atoms. The molecule has 0 aliphatic carbocycles. The summed E-state index contributed by atoms with van der Waals surface area (Å²) in [5.41, 5.74) is 2.77. The Morgan fingerprint density at radius 1 is 1.42 bits per heavy atom. The minimum Gasteiger partial charge on any atom is -0.460 e. The molecule has 7 heteroatoms. The Labute approximate surface area is 139 Å². The number of H-pyrrole nitrogens is 1. The number of imidazole rings is 1. The number of furan rings is 1. The molecular weight excluding hydrogens is 306 g/mol. The van der Waals surface area contributed by atoms with E-state index in [9.17, 15) is 4.79 Å². The molecule has 0 aromatic carbocycles. The molecule has 2 N–H and O–H groups in total. The van der Waals surface area contributed by atoms with Crippen molar-refractivity contribution in [2.24, 2.45) is 5.92 Å². The van der Waals surface area contributed by atoms with Crippen molar-refractivity contribution in [1.29, 1.82) is 0 Å². The number of anilines is 1. The molecular formula is C17H19N5O2. The van der Waals surface area contributed by atoms with Crippen molar-refractivity contribution >= 4 is 11.7 Å². The number of amides is 1.